The van der Waals surface area contributed by atoms with Gasteiger partial charge in [-0.25, -0.2) is 0 Å². The number of aryl methyl sites for hydroxylation is 2. The van der Waals surface area contributed by atoms with Crippen molar-refractivity contribution >= 4 is 23.1 Å². The zero-order valence-corrected chi connectivity index (χ0v) is 24.5. The van der Waals surface area contributed by atoms with Crippen molar-refractivity contribution in [1.29, 1.82) is 0 Å². The summed E-state index contributed by atoms with van der Waals surface area (Å²) in [6, 6.07) is 9.51. The average Bonchev–Trinajstić information content (AvgIpc) is 2.80. The van der Waals surface area contributed by atoms with E-state index in [1.54, 1.807) is 13.8 Å². The van der Waals surface area contributed by atoms with Gasteiger partial charge in [-0.1, -0.05) is 68.7 Å². The largest absolute Gasteiger partial charge is 0.507 e. The summed E-state index contributed by atoms with van der Waals surface area (Å²) in [6.07, 6.45) is 0.539. The molecule has 2 aromatic rings. The minimum absolute atomic E-state index is 0.0637. The van der Waals surface area contributed by atoms with Gasteiger partial charge in [-0.05, 0) is 75.1 Å². The Bertz CT molecular complexity index is 1570. The number of rotatable bonds is 3. The maximum atomic E-state index is 14.5. The van der Waals surface area contributed by atoms with E-state index in [9.17, 15) is 29.7 Å². The van der Waals surface area contributed by atoms with Crippen LogP contribution in [-0.2, 0) is 20.8 Å². The molecular formula is C34H38O6. The third-order valence-electron chi connectivity index (χ3n) is 9.73. The number of aliphatic hydroxyl groups is 2. The lowest BCUT2D eigenvalue weighted by Crippen LogP contribution is -2.70. The smallest absolute Gasteiger partial charge is 0.206 e. The zero-order chi connectivity index (χ0) is 29.7. The van der Waals surface area contributed by atoms with Crippen molar-refractivity contribution < 1.29 is 29.7 Å². The van der Waals surface area contributed by atoms with Crippen molar-refractivity contribution in [3.8, 4) is 16.9 Å². The van der Waals surface area contributed by atoms with E-state index in [1.165, 1.54) is 13.0 Å². The number of phenolic OH excluding ortho intramolecular Hbond substituents is 1. The fourth-order valence-corrected chi connectivity index (χ4v) is 8.65. The Morgan fingerprint density at radius 2 is 1.57 bits per heavy atom. The van der Waals surface area contributed by atoms with E-state index in [0.717, 1.165) is 27.8 Å². The number of ketones is 3. The number of aromatic hydroxyl groups is 1. The standard InChI is InChI=1S/C34H38O6/c1-16(2)27-19(5)25(20(6)35)30(38)34(40)31(39)28-29(37)26-23(14-32(28,7)15-33(27,34)8)22(9-10-24(26)36)21-12-17(3)11-18(4)13-21/h9-13,16,27,36-37,40H,14-15H2,1-8H3/t27-,32+,33+,34-/m1/s1. The van der Waals surface area contributed by atoms with Gasteiger partial charge in [0.15, 0.2) is 11.4 Å². The van der Waals surface area contributed by atoms with Crippen molar-refractivity contribution in [2.24, 2.45) is 22.7 Å². The quantitative estimate of drug-likeness (QED) is 0.325. The topological polar surface area (TPSA) is 112 Å². The molecule has 1 saturated carbocycles. The summed E-state index contributed by atoms with van der Waals surface area (Å²) in [6.45, 7) is 14.7. The van der Waals surface area contributed by atoms with Crippen LogP contribution in [0.1, 0.15) is 70.2 Å². The molecule has 0 saturated heterocycles. The minimum atomic E-state index is -2.52. The molecule has 0 heterocycles. The van der Waals surface area contributed by atoms with Crippen molar-refractivity contribution in [3.63, 3.8) is 0 Å². The molecule has 2 aromatic carbocycles. The van der Waals surface area contributed by atoms with Crippen LogP contribution in [0.2, 0.25) is 0 Å². The molecule has 0 spiro atoms. The summed E-state index contributed by atoms with van der Waals surface area (Å²) in [5.41, 5.74) is 0.504. The molecule has 0 aromatic heterocycles. The molecule has 6 nitrogen and oxygen atoms in total. The molecule has 1 fully saturated rings. The Hall–Kier alpha value is -3.51. The number of aliphatic hydroxyl groups excluding tert-OH is 1. The number of carbonyl (C=O) groups is 3. The maximum Gasteiger partial charge on any atom is 0.206 e. The molecule has 3 aliphatic carbocycles. The summed E-state index contributed by atoms with van der Waals surface area (Å²) < 4.78 is 0. The predicted octanol–water partition coefficient (Wildman–Crippen LogP) is 5.98. The lowest BCUT2D eigenvalue weighted by molar-refractivity contribution is -0.180. The maximum absolute atomic E-state index is 14.5. The van der Waals surface area contributed by atoms with E-state index < -0.39 is 45.5 Å². The Morgan fingerprint density at radius 1 is 0.975 bits per heavy atom. The molecule has 0 unspecified atom stereocenters. The number of phenols is 1. The molecule has 40 heavy (non-hydrogen) atoms. The van der Waals surface area contributed by atoms with E-state index in [-0.39, 0.29) is 34.8 Å². The van der Waals surface area contributed by atoms with E-state index in [0.29, 0.717) is 12.0 Å². The second-order valence-corrected chi connectivity index (χ2v) is 13.1. The number of hydrogen-bond donors (Lipinski definition) is 3. The number of allylic oxidation sites excluding steroid dienone is 1. The molecule has 210 valence electrons. The molecule has 5 rings (SSSR count). The van der Waals surface area contributed by atoms with Crippen LogP contribution >= 0.6 is 0 Å². The van der Waals surface area contributed by atoms with Crippen LogP contribution in [-0.4, -0.2) is 38.3 Å². The van der Waals surface area contributed by atoms with Gasteiger partial charge in [-0.15, -0.1) is 0 Å². The van der Waals surface area contributed by atoms with Crippen LogP contribution in [0.3, 0.4) is 0 Å². The third-order valence-corrected chi connectivity index (χ3v) is 9.73. The number of hydrogen-bond acceptors (Lipinski definition) is 6. The van der Waals surface area contributed by atoms with Gasteiger partial charge >= 0.3 is 0 Å². The number of Topliss-reactive ketones (excluding diaryl/α,β-unsaturated/α-hetero) is 3. The van der Waals surface area contributed by atoms with Gasteiger partial charge in [0.25, 0.3) is 0 Å². The minimum Gasteiger partial charge on any atom is -0.507 e. The predicted molar refractivity (Wildman–Crippen MR) is 154 cm³/mol. The lowest BCUT2D eigenvalue weighted by atomic mass is 9.42. The van der Waals surface area contributed by atoms with Crippen LogP contribution in [0.4, 0.5) is 0 Å². The highest BCUT2D eigenvalue weighted by Crippen LogP contribution is 2.65. The zero-order valence-electron chi connectivity index (χ0n) is 24.5. The Morgan fingerprint density at radius 3 is 2.12 bits per heavy atom. The number of carbonyl (C=O) groups excluding carboxylic acids is 3. The van der Waals surface area contributed by atoms with Crippen molar-refractivity contribution in [2.75, 3.05) is 0 Å². The molecule has 6 heteroatoms. The summed E-state index contributed by atoms with van der Waals surface area (Å²) in [5.74, 6) is -3.39. The van der Waals surface area contributed by atoms with Crippen molar-refractivity contribution in [1.82, 2.24) is 0 Å². The van der Waals surface area contributed by atoms with Crippen LogP contribution in [0.15, 0.2) is 47.1 Å². The summed E-state index contributed by atoms with van der Waals surface area (Å²) in [7, 11) is 0. The van der Waals surface area contributed by atoms with Gasteiger partial charge in [0.05, 0.1) is 11.1 Å². The fourth-order valence-electron chi connectivity index (χ4n) is 8.65. The van der Waals surface area contributed by atoms with E-state index in [4.69, 9.17) is 0 Å². The van der Waals surface area contributed by atoms with Gasteiger partial charge in [0, 0.05) is 16.4 Å². The van der Waals surface area contributed by atoms with E-state index in [2.05, 4.69) is 18.2 Å². The summed E-state index contributed by atoms with van der Waals surface area (Å²) >= 11 is 0. The molecule has 0 bridgehead atoms. The van der Waals surface area contributed by atoms with Crippen LogP contribution in [0.25, 0.3) is 16.9 Å². The molecular weight excluding hydrogens is 504 g/mol. The molecule has 3 N–H and O–H groups in total. The van der Waals surface area contributed by atoms with Gasteiger partial charge in [-0.3, -0.25) is 14.4 Å². The monoisotopic (exact) mass is 542 g/mol. The van der Waals surface area contributed by atoms with Crippen LogP contribution in [0, 0.1) is 36.5 Å². The van der Waals surface area contributed by atoms with Crippen molar-refractivity contribution in [2.45, 2.75) is 73.8 Å². The molecule has 3 aliphatic rings. The summed E-state index contributed by atoms with van der Waals surface area (Å²) in [4.78, 5) is 41.0. The highest BCUT2D eigenvalue weighted by Gasteiger charge is 2.72. The first-order chi connectivity index (χ1) is 18.5. The van der Waals surface area contributed by atoms with E-state index >= 15 is 0 Å². The molecule has 0 aliphatic heterocycles. The normalized spacial score (nSPS) is 29.9. The van der Waals surface area contributed by atoms with Gasteiger partial charge in [0.1, 0.15) is 11.5 Å². The van der Waals surface area contributed by atoms with Crippen molar-refractivity contribution in [3.05, 3.63) is 69.3 Å². The summed E-state index contributed by atoms with van der Waals surface area (Å²) in [5, 5.41) is 34.9. The lowest BCUT2D eigenvalue weighted by Gasteiger charge is -2.60. The highest BCUT2D eigenvalue weighted by molar-refractivity contribution is 6.33. The number of benzene rings is 2. The molecule has 0 radical (unpaired) electrons. The van der Waals surface area contributed by atoms with Gasteiger partial charge in [0.2, 0.25) is 11.6 Å². The molecule has 4 atom stereocenters. The first kappa shape index (κ1) is 28.0. The Balaban J connectivity index is 1.82. The first-order valence-electron chi connectivity index (χ1n) is 13.9. The average molecular weight is 543 g/mol. The molecule has 0 amide bonds. The second-order valence-electron chi connectivity index (χ2n) is 13.1. The first-order valence-corrected chi connectivity index (χ1v) is 13.9. The van der Waals surface area contributed by atoms with Crippen LogP contribution in [0.5, 0.6) is 5.75 Å². The fraction of sp³-hybridized carbons (Fsp3) is 0.441. The van der Waals surface area contributed by atoms with Gasteiger partial charge < -0.3 is 15.3 Å². The number of fused-ring (bicyclic) bond motifs is 3. The van der Waals surface area contributed by atoms with Gasteiger partial charge in [-0.2, -0.15) is 0 Å². The second kappa shape index (κ2) is 8.74. The Kier molecular flexibility index (Phi) is 6.13. The highest BCUT2D eigenvalue weighted by atomic mass is 16.3. The SMILES string of the molecule is CC(=O)C1=C(C)[C@@H](C(C)C)[C@]2(C)C[C@]3(C)Cc4c(-c5cc(C)cc(C)c5)ccc(O)c4C(O)=C3C(=O)[C@]2(O)C1=O. The van der Waals surface area contributed by atoms with E-state index in [1.807, 2.05) is 40.7 Å². The third kappa shape index (κ3) is 3.48. The van der Waals surface area contributed by atoms with Crippen LogP contribution < -0.4 is 0 Å². The Labute approximate surface area is 235 Å².